The van der Waals surface area contributed by atoms with E-state index in [1.54, 1.807) is 7.05 Å². The molecule has 2 aromatic rings. The Balaban J connectivity index is 2.36. The van der Waals surface area contributed by atoms with Gasteiger partial charge in [0.25, 0.3) is 0 Å². The van der Waals surface area contributed by atoms with E-state index in [1.165, 1.54) is 23.1 Å². The van der Waals surface area contributed by atoms with Gasteiger partial charge in [-0.05, 0) is 37.2 Å². The normalized spacial score (nSPS) is 10.1. The van der Waals surface area contributed by atoms with Crippen LogP contribution in [-0.4, -0.2) is 22.2 Å². The Labute approximate surface area is 113 Å². The van der Waals surface area contributed by atoms with Crippen molar-refractivity contribution in [3.05, 3.63) is 22.9 Å². The van der Waals surface area contributed by atoms with Crippen molar-refractivity contribution < 1.29 is 0 Å². The predicted octanol–water partition coefficient (Wildman–Crippen LogP) is 2.61. The molecule has 0 aliphatic rings. The third-order valence-corrected chi connectivity index (χ3v) is 4.21. The Kier molecular flexibility index (Phi) is 3.79. The summed E-state index contributed by atoms with van der Waals surface area (Å²) in [5, 5.41) is 21.5. The number of hydrogen-bond donors (Lipinski definition) is 1. The number of pyridine rings is 1. The third-order valence-electron chi connectivity index (χ3n) is 2.23. The highest BCUT2D eigenvalue weighted by atomic mass is 32.2. The summed E-state index contributed by atoms with van der Waals surface area (Å²) in [6.45, 7) is 3.83. The third kappa shape index (κ3) is 2.60. The molecule has 0 fully saturated rings. The number of nitriles is 1. The first-order valence-corrected chi connectivity index (χ1v) is 6.84. The Morgan fingerprint density at radius 2 is 2.17 bits per heavy atom. The minimum Gasteiger partial charge on any atom is -0.363 e. The van der Waals surface area contributed by atoms with Gasteiger partial charge in [0.05, 0.1) is 5.56 Å². The second kappa shape index (κ2) is 5.33. The molecule has 5 nitrogen and oxygen atoms in total. The van der Waals surface area contributed by atoms with Crippen molar-refractivity contribution in [1.82, 2.24) is 15.2 Å². The van der Waals surface area contributed by atoms with E-state index >= 15 is 0 Å². The minimum atomic E-state index is 0.604. The van der Waals surface area contributed by atoms with E-state index in [1.807, 2.05) is 19.9 Å². The zero-order valence-corrected chi connectivity index (χ0v) is 11.8. The zero-order valence-electron chi connectivity index (χ0n) is 10.2. The average Bonchev–Trinajstić information content (AvgIpc) is 2.76. The Bertz CT molecular complexity index is 614. The highest BCUT2D eigenvalue weighted by molar-refractivity contribution is 8.01. The lowest BCUT2D eigenvalue weighted by Gasteiger charge is -2.04. The molecule has 0 saturated carbocycles. The van der Waals surface area contributed by atoms with Crippen molar-refractivity contribution in [2.75, 3.05) is 12.4 Å². The molecule has 1 N–H and O–H groups in total. The van der Waals surface area contributed by atoms with Crippen LogP contribution in [0.4, 0.5) is 5.13 Å². The maximum atomic E-state index is 9.17. The lowest BCUT2D eigenvalue weighted by molar-refractivity contribution is 0.994. The van der Waals surface area contributed by atoms with Crippen molar-refractivity contribution in [3.8, 4) is 6.07 Å². The topological polar surface area (TPSA) is 74.5 Å². The Morgan fingerprint density at radius 3 is 2.78 bits per heavy atom. The molecule has 0 amide bonds. The monoisotopic (exact) mass is 277 g/mol. The van der Waals surface area contributed by atoms with Crippen LogP contribution in [0.25, 0.3) is 0 Å². The molecule has 0 atom stereocenters. The molecule has 0 aliphatic carbocycles. The van der Waals surface area contributed by atoms with Gasteiger partial charge in [-0.2, -0.15) is 5.26 Å². The summed E-state index contributed by atoms with van der Waals surface area (Å²) in [7, 11) is 1.80. The maximum Gasteiger partial charge on any atom is 0.206 e. The van der Waals surface area contributed by atoms with E-state index in [-0.39, 0.29) is 0 Å². The summed E-state index contributed by atoms with van der Waals surface area (Å²) in [6.07, 6.45) is 0. The number of nitrogens with zero attached hydrogens (tertiary/aromatic N) is 4. The van der Waals surface area contributed by atoms with Crippen molar-refractivity contribution in [2.24, 2.45) is 0 Å². The first kappa shape index (κ1) is 12.8. The summed E-state index contributed by atoms with van der Waals surface area (Å²) in [5.41, 5.74) is 2.44. The molecular weight excluding hydrogens is 266 g/mol. The van der Waals surface area contributed by atoms with Gasteiger partial charge in [0, 0.05) is 12.7 Å². The van der Waals surface area contributed by atoms with Gasteiger partial charge in [0.1, 0.15) is 11.1 Å². The molecule has 7 heteroatoms. The maximum absolute atomic E-state index is 9.17. The molecule has 0 saturated heterocycles. The zero-order chi connectivity index (χ0) is 13.1. The first-order chi connectivity index (χ1) is 8.63. The van der Waals surface area contributed by atoms with Crippen LogP contribution in [-0.2, 0) is 0 Å². The number of aromatic nitrogens is 3. The van der Waals surface area contributed by atoms with E-state index in [0.29, 0.717) is 10.6 Å². The molecule has 0 unspecified atom stereocenters. The van der Waals surface area contributed by atoms with E-state index in [4.69, 9.17) is 0 Å². The summed E-state index contributed by atoms with van der Waals surface area (Å²) in [4.78, 5) is 4.39. The Hall–Kier alpha value is -1.65. The number of rotatable bonds is 3. The summed E-state index contributed by atoms with van der Waals surface area (Å²) in [6, 6.07) is 4.09. The van der Waals surface area contributed by atoms with Crippen LogP contribution < -0.4 is 5.32 Å². The molecule has 2 rings (SSSR count). The van der Waals surface area contributed by atoms with Gasteiger partial charge in [-0.1, -0.05) is 11.3 Å². The smallest absolute Gasteiger partial charge is 0.206 e. The predicted molar refractivity (Wildman–Crippen MR) is 72.0 cm³/mol. The van der Waals surface area contributed by atoms with Gasteiger partial charge in [-0.25, -0.2) is 4.98 Å². The fourth-order valence-electron chi connectivity index (χ4n) is 1.45. The number of hydrogen-bond acceptors (Lipinski definition) is 7. The molecular formula is C11H11N5S2. The van der Waals surface area contributed by atoms with Crippen molar-refractivity contribution >= 4 is 28.2 Å². The second-order valence-electron chi connectivity index (χ2n) is 3.60. The lowest BCUT2D eigenvalue weighted by Crippen LogP contribution is -1.93. The standard InChI is InChI=1S/C11H11N5S2/c1-6-4-7(2)14-9(8(6)5-12)17-11-16-15-10(13-3)18-11/h4H,1-3H3,(H,13,15). The van der Waals surface area contributed by atoms with Crippen LogP contribution >= 0.6 is 23.1 Å². The van der Waals surface area contributed by atoms with Crippen LogP contribution in [0.2, 0.25) is 0 Å². The van der Waals surface area contributed by atoms with E-state index in [0.717, 1.165) is 20.7 Å². The molecule has 0 aromatic carbocycles. The van der Waals surface area contributed by atoms with Crippen LogP contribution in [0, 0.1) is 25.2 Å². The molecule has 0 aliphatic heterocycles. The molecule has 18 heavy (non-hydrogen) atoms. The second-order valence-corrected chi connectivity index (χ2v) is 5.81. The summed E-state index contributed by atoms with van der Waals surface area (Å²) >= 11 is 2.81. The quantitative estimate of drug-likeness (QED) is 0.929. The molecule has 0 spiro atoms. The van der Waals surface area contributed by atoms with Crippen LogP contribution in [0.5, 0.6) is 0 Å². The minimum absolute atomic E-state index is 0.604. The van der Waals surface area contributed by atoms with Gasteiger partial charge in [0.2, 0.25) is 5.13 Å². The lowest BCUT2D eigenvalue weighted by atomic mass is 10.1. The highest BCUT2D eigenvalue weighted by Gasteiger charge is 2.13. The van der Waals surface area contributed by atoms with Crippen molar-refractivity contribution in [1.29, 1.82) is 5.26 Å². The fourth-order valence-corrected chi connectivity index (χ4v) is 3.26. The highest BCUT2D eigenvalue weighted by Crippen LogP contribution is 2.33. The number of anilines is 1. The van der Waals surface area contributed by atoms with E-state index in [2.05, 4.69) is 26.6 Å². The fraction of sp³-hybridized carbons (Fsp3) is 0.273. The van der Waals surface area contributed by atoms with Crippen LogP contribution in [0.15, 0.2) is 15.4 Å². The van der Waals surface area contributed by atoms with Crippen LogP contribution in [0.1, 0.15) is 16.8 Å². The molecule has 0 radical (unpaired) electrons. The molecule has 0 bridgehead atoms. The Morgan fingerprint density at radius 1 is 1.39 bits per heavy atom. The number of aryl methyl sites for hydroxylation is 2. The summed E-state index contributed by atoms with van der Waals surface area (Å²) < 4.78 is 0.772. The van der Waals surface area contributed by atoms with Gasteiger partial charge in [-0.15, -0.1) is 10.2 Å². The van der Waals surface area contributed by atoms with Gasteiger partial charge in [-0.3, -0.25) is 0 Å². The largest absolute Gasteiger partial charge is 0.363 e. The summed E-state index contributed by atoms with van der Waals surface area (Å²) in [5.74, 6) is 0. The number of nitrogens with one attached hydrogen (secondary N) is 1. The molecule has 92 valence electrons. The van der Waals surface area contributed by atoms with E-state index < -0.39 is 0 Å². The first-order valence-electron chi connectivity index (χ1n) is 5.21. The van der Waals surface area contributed by atoms with E-state index in [9.17, 15) is 5.26 Å². The van der Waals surface area contributed by atoms with Crippen LogP contribution in [0.3, 0.4) is 0 Å². The van der Waals surface area contributed by atoms with Crippen molar-refractivity contribution in [3.63, 3.8) is 0 Å². The van der Waals surface area contributed by atoms with Crippen molar-refractivity contribution in [2.45, 2.75) is 23.2 Å². The molecule has 2 aromatic heterocycles. The van der Waals surface area contributed by atoms with Gasteiger partial charge < -0.3 is 5.32 Å². The SMILES string of the molecule is CNc1nnc(Sc2nc(C)cc(C)c2C#N)s1. The van der Waals surface area contributed by atoms with Gasteiger partial charge in [0.15, 0.2) is 4.34 Å². The average molecular weight is 277 g/mol. The van der Waals surface area contributed by atoms with Gasteiger partial charge >= 0.3 is 0 Å². The molecule has 2 heterocycles.